The van der Waals surface area contributed by atoms with Gasteiger partial charge in [-0.2, -0.15) is 0 Å². The van der Waals surface area contributed by atoms with Gasteiger partial charge in [-0.05, 0) is 23.8 Å². The first kappa shape index (κ1) is 14.9. The Hall–Kier alpha value is -1.99. The predicted octanol–water partition coefficient (Wildman–Crippen LogP) is 3.33. The topological polar surface area (TPSA) is 68.5 Å². The van der Waals surface area contributed by atoms with Gasteiger partial charge in [0.2, 0.25) is 0 Å². The van der Waals surface area contributed by atoms with Crippen LogP contribution in [0.1, 0.15) is 11.7 Å². The van der Waals surface area contributed by atoms with Crippen molar-refractivity contribution in [1.82, 2.24) is 4.98 Å². The number of pyridine rings is 1. The molecule has 0 saturated carbocycles. The van der Waals surface area contributed by atoms with Crippen molar-refractivity contribution in [2.45, 2.75) is 6.10 Å². The second kappa shape index (κ2) is 6.41. The maximum Gasteiger partial charge on any atom is 0.287 e. The summed E-state index contributed by atoms with van der Waals surface area (Å²) in [5, 5.41) is 10.7. The fourth-order valence-electron chi connectivity index (χ4n) is 2.41. The molecule has 0 N–H and O–H groups in total. The molecular formula is C15H14BrN3O3. The number of nitro groups is 1. The molecule has 6 nitrogen and oxygen atoms in total. The zero-order valence-electron chi connectivity index (χ0n) is 11.7. The number of anilines is 1. The Bertz CT molecular complexity index is 661. The average Bonchev–Trinajstić information content (AvgIpc) is 2.56. The van der Waals surface area contributed by atoms with Gasteiger partial charge in [0.05, 0.1) is 11.5 Å². The SMILES string of the molecule is O=[N+]([O-])c1ccc(N2CCO[C@H](c3ccc(Br)cc3)C2)nc1. The number of morpholine rings is 1. The highest BCUT2D eigenvalue weighted by Crippen LogP contribution is 2.26. The number of nitrogens with zero attached hydrogens (tertiary/aromatic N) is 3. The minimum absolute atomic E-state index is 0.00136. The Morgan fingerprint density at radius 1 is 1.27 bits per heavy atom. The lowest BCUT2D eigenvalue weighted by Gasteiger charge is -2.33. The number of aromatic nitrogens is 1. The third-order valence-electron chi connectivity index (χ3n) is 3.58. The van der Waals surface area contributed by atoms with Crippen LogP contribution in [0.2, 0.25) is 0 Å². The van der Waals surface area contributed by atoms with Crippen LogP contribution < -0.4 is 4.90 Å². The van der Waals surface area contributed by atoms with Crippen LogP contribution in [-0.4, -0.2) is 29.6 Å². The second-order valence-corrected chi connectivity index (χ2v) is 5.90. The van der Waals surface area contributed by atoms with E-state index in [-0.39, 0.29) is 11.8 Å². The fraction of sp³-hybridized carbons (Fsp3) is 0.267. The van der Waals surface area contributed by atoms with Gasteiger partial charge in [-0.1, -0.05) is 28.1 Å². The van der Waals surface area contributed by atoms with Crippen LogP contribution in [0.4, 0.5) is 11.5 Å². The summed E-state index contributed by atoms with van der Waals surface area (Å²) in [6.07, 6.45) is 1.26. The van der Waals surface area contributed by atoms with Crippen LogP contribution in [0.15, 0.2) is 47.1 Å². The summed E-state index contributed by atoms with van der Waals surface area (Å²) in [7, 11) is 0. The third kappa shape index (κ3) is 3.26. The molecule has 7 heteroatoms. The summed E-state index contributed by atoms with van der Waals surface area (Å²) in [6.45, 7) is 1.99. The van der Waals surface area contributed by atoms with Gasteiger partial charge < -0.3 is 9.64 Å². The largest absolute Gasteiger partial charge is 0.370 e. The molecule has 0 bridgehead atoms. The first-order valence-electron chi connectivity index (χ1n) is 6.86. The monoisotopic (exact) mass is 363 g/mol. The van der Waals surface area contributed by atoms with E-state index in [2.05, 4.69) is 25.8 Å². The Morgan fingerprint density at radius 3 is 2.68 bits per heavy atom. The Morgan fingerprint density at radius 2 is 2.05 bits per heavy atom. The van der Waals surface area contributed by atoms with E-state index in [1.165, 1.54) is 12.3 Å². The molecule has 1 aromatic carbocycles. The zero-order chi connectivity index (χ0) is 15.5. The van der Waals surface area contributed by atoms with Gasteiger partial charge in [0.1, 0.15) is 18.1 Å². The number of halogens is 1. The molecule has 0 amide bonds. The molecule has 1 saturated heterocycles. The minimum Gasteiger partial charge on any atom is -0.370 e. The Labute approximate surface area is 136 Å². The zero-order valence-corrected chi connectivity index (χ0v) is 13.3. The van der Waals surface area contributed by atoms with E-state index in [1.54, 1.807) is 6.07 Å². The van der Waals surface area contributed by atoms with Crippen LogP contribution >= 0.6 is 15.9 Å². The summed E-state index contributed by atoms with van der Waals surface area (Å²) in [5.41, 5.74) is 1.11. The van der Waals surface area contributed by atoms with Crippen molar-refractivity contribution in [3.8, 4) is 0 Å². The lowest BCUT2D eigenvalue weighted by Crippen LogP contribution is -2.38. The molecule has 0 spiro atoms. The van der Waals surface area contributed by atoms with Gasteiger partial charge in [0.15, 0.2) is 0 Å². The molecule has 3 rings (SSSR count). The van der Waals surface area contributed by atoms with Crippen LogP contribution in [-0.2, 0) is 4.74 Å². The standard InChI is InChI=1S/C15H14BrN3O3/c16-12-3-1-11(2-4-12)14-10-18(7-8-22-14)15-6-5-13(9-17-15)19(20)21/h1-6,9,14H,7-8,10H2/t14-/m0/s1. The van der Waals surface area contributed by atoms with Crippen molar-refractivity contribution >= 4 is 27.4 Å². The van der Waals surface area contributed by atoms with E-state index in [4.69, 9.17) is 4.74 Å². The summed E-state index contributed by atoms with van der Waals surface area (Å²) in [5.74, 6) is 0.732. The van der Waals surface area contributed by atoms with Crippen molar-refractivity contribution in [3.05, 3.63) is 62.7 Å². The van der Waals surface area contributed by atoms with Crippen molar-refractivity contribution in [1.29, 1.82) is 0 Å². The van der Waals surface area contributed by atoms with Crippen LogP contribution in [0.3, 0.4) is 0 Å². The van der Waals surface area contributed by atoms with Gasteiger partial charge in [0.25, 0.3) is 5.69 Å². The summed E-state index contributed by atoms with van der Waals surface area (Å²) < 4.78 is 6.85. The maximum absolute atomic E-state index is 10.7. The normalized spacial score (nSPS) is 18.2. The van der Waals surface area contributed by atoms with Crippen molar-refractivity contribution < 1.29 is 9.66 Å². The van der Waals surface area contributed by atoms with Crippen LogP contribution in [0.25, 0.3) is 0 Å². The Balaban J connectivity index is 1.75. The van der Waals surface area contributed by atoms with Gasteiger partial charge in [-0.3, -0.25) is 10.1 Å². The maximum atomic E-state index is 10.7. The molecule has 1 fully saturated rings. The second-order valence-electron chi connectivity index (χ2n) is 4.99. The average molecular weight is 364 g/mol. The molecule has 1 aromatic heterocycles. The van der Waals surface area contributed by atoms with Gasteiger partial charge in [-0.25, -0.2) is 4.98 Å². The van der Waals surface area contributed by atoms with Crippen molar-refractivity contribution in [2.75, 3.05) is 24.6 Å². The van der Waals surface area contributed by atoms with E-state index in [0.717, 1.165) is 22.4 Å². The van der Waals surface area contributed by atoms with E-state index < -0.39 is 4.92 Å². The molecule has 0 aliphatic carbocycles. The molecule has 1 atom stereocenters. The molecule has 2 aromatic rings. The fourth-order valence-corrected chi connectivity index (χ4v) is 2.67. The van der Waals surface area contributed by atoms with E-state index in [9.17, 15) is 10.1 Å². The predicted molar refractivity (Wildman–Crippen MR) is 85.9 cm³/mol. The summed E-state index contributed by atoms with van der Waals surface area (Å²) in [6, 6.07) is 11.2. The quantitative estimate of drug-likeness (QED) is 0.617. The lowest BCUT2D eigenvalue weighted by atomic mass is 10.1. The highest BCUT2D eigenvalue weighted by molar-refractivity contribution is 9.10. The number of benzene rings is 1. The smallest absolute Gasteiger partial charge is 0.287 e. The number of hydrogen-bond acceptors (Lipinski definition) is 5. The first-order chi connectivity index (χ1) is 10.6. The van der Waals surface area contributed by atoms with Gasteiger partial charge in [-0.15, -0.1) is 0 Å². The van der Waals surface area contributed by atoms with Crippen molar-refractivity contribution in [3.63, 3.8) is 0 Å². The molecule has 0 radical (unpaired) electrons. The third-order valence-corrected chi connectivity index (χ3v) is 4.10. The minimum atomic E-state index is -0.444. The van der Waals surface area contributed by atoms with Gasteiger partial charge in [0, 0.05) is 23.6 Å². The number of ether oxygens (including phenoxy) is 1. The molecular weight excluding hydrogens is 350 g/mol. The van der Waals surface area contributed by atoms with Crippen LogP contribution in [0.5, 0.6) is 0 Å². The van der Waals surface area contributed by atoms with E-state index in [1.807, 2.05) is 24.3 Å². The van der Waals surface area contributed by atoms with E-state index >= 15 is 0 Å². The lowest BCUT2D eigenvalue weighted by molar-refractivity contribution is -0.385. The molecule has 2 heterocycles. The number of hydrogen-bond donors (Lipinski definition) is 0. The molecule has 1 aliphatic rings. The van der Waals surface area contributed by atoms with Gasteiger partial charge >= 0.3 is 0 Å². The molecule has 22 heavy (non-hydrogen) atoms. The molecule has 114 valence electrons. The summed E-state index contributed by atoms with van der Waals surface area (Å²) >= 11 is 3.42. The van der Waals surface area contributed by atoms with Crippen molar-refractivity contribution in [2.24, 2.45) is 0 Å². The molecule has 0 unspecified atom stereocenters. The Kier molecular flexibility index (Phi) is 4.35. The first-order valence-corrected chi connectivity index (χ1v) is 7.65. The highest BCUT2D eigenvalue weighted by Gasteiger charge is 2.23. The summed E-state index contributed by atoms with van der Waals surface area (Å²) in [4.78, 5) is 16.5. The molecule has 1 aliphatic heterocycles. The van der Waals surface area contributed by atoms with Crippen LogP contribution in [0, 0.1) is 10.1 Å². The number of rotatable bonds is 3. The van der Waals surface area contributed by atoms with E-state index in [0.29, 0.717) is 13.2 Å². The highest BCUT2D eigenvalue weighted by atomic mass is 79.9.